The molecule has 0 radical (unpaired) electrons. The second kappa shape index (κ2) is 7.26. The van der Waals surface area contributed by atoms with Crippen molar-refractivity contribution in [2.45, 2.75) is 36.9 Å². The summed E-state index contributed by atoms with van der Waals surface area (Å²) in [5.74, 6) is 0. The first-order valence-electron chi connectivity index (χ1n) is 7.94. The fraction of sp³-hybridized carbons (Fsp3) is 0.350. The van der Waals surface area contributed by atoms with E-state index in [1.807, 2.05) is 12.1 Å². The van der Waals surface area contributed by atoms with E-state index in [9.17, 15) is 20.1 Å². The molecule has 0 fully saturated rings. The Balaban J connectivity index is 2.42. The Hall–Kier alpha value is -2.01. The standard InChI is InChI=1S/C20H24O4/c1-19(13-21,15-9-5-3-6-10-15)17(23)18(24)20(2,14-22)16-11-7-4-8-12-16/h3-13,17-18,22-24H,14H2,1-2H3. The number of aliphatic hydroxyl groups excluding tert-OH is 3. The molecule has 24 heavy (non-hydrogen) atoms. The van der Waals surface area contributed by atoms with Gasteiger partial charge in [0.25, 0.3) is 0 Å². The highest BCUT2D eigenvalue weighted by molar-refractivity contribution is 5.69. The minimum absolute atomic E-state index is 0.362. The second-order valence-electron chi connectivity index (χ2n) is 6.60. The van der Waals surface area contributed by atoms with Crippen LogP contribution < -0.4 is 0 Å². The molecule has 2 aromatic carbocycles. The van der Waals surface area contributed by atoms with E-state index in [4.69, 9.17) is 0 Å². The van der Waals surface area contributed by atoms with Crippen LogP contribution in [0.5, 0.6) is 0 Å². The van der Waals surface area contributed by atoms with E-state index in [-0.39, 0.29) is 6.61 Å². The molecule has 128 valence electrons. The predicted molar refractivity (Wildman–Crippen MR) is 92.8 cm³/mol. The third-order valence-corrected chi connectivity index (χ3v) is 4.97. The molecular formula is C20H24O4. The number of aliphatic hydroxyl groups is 3. The van der Waals surface area contributed by atoms with Gasteiger partial charge in [-0.25, -0.2) is 0 Å². The van der Waals surface area contributed by atoms with Crippen LogP contribution in [0.3, 0.4) is 0 Å². The highest BCUT2D eigenvalue weighted by Crippen LogP contribution is 2.36. The van der Waals surface area contributed by atoms with E-state index in [0.717, 1.165) is 0 Å². The lowest BCUT2D eigenvalue weighted by Gasteiger charge is -2.41. The highest BCUT2D eigenvalue weighted by atomic mass is 16.3. The maximum absolute atomic E-state index is 11.8. The summed E-state index contributed by atoms with van der Waals surface area (Å²) >= 11 is 0. The Labute approximate surface area is 142 Å². The molecule has 0 saturated heterocycles. The van der Waals surface area contributed by atoms with Crippen LogP contribution in [-0.4, -0.2) is 40.4 Å². The van der Waals surface area contributed by atoms with Crippen molar-refractivity contribution in [2.75, 3.05) is 6.61 Å². The normalized spacial score (nSPS) is 18.9. The van der Waals surface area contributed by atoms with Gasteiger partial charge in [0.2, 0.25) is 0 Å². The largest absolute Gasteiger partial charge is 0.395 e. The molecule has 4 unspecified atom stereocenters. The average molecular weight is 328 g/mol. The zero-order chi connectivity index (χ0) is 17.8. The molecule has 0 saturated carbocycles. The Kier molecular flexibility index (Phi) is 5.54. The van der Waals surface area contributed by atoms with Gasteiger partial charge in [-0.1, -0.05) is 67.6 Å². The van der Waals surface area contributed by atoms with Gasteiger partial charge in [0.05, 0.1) is 24.2 Å². The van der Waals surface area contributed by atoms with Gasteiger partial charge >= 0.3 is 0 Å². The maximum atomic E-state index is 11.8. The Morgan fingerprint density at radius 2 is 1.33 bits per heavy atom. The van der Waals surface area contributed by atoms with E-state index >= 15 is 0 Å². The van der Waals surface area contributed by atoms with E-state index in [1.165, 1.54) is 0 Å². The molecule has 0 heterocycles. The summed E-state index contributed by atoms with van der Waals surface area (Å²) in [5.41, 5.74) is -1.08. The molecule has 2 aromatic rings. The summed E-state index contributed by atoms with van der Waals surface area (Å²) in [7, 11) is 0. The van der Waals surface area contributed by atoms with Gasteiger partial charge in [0.15, 0.2) is 0 Å². The molecular weight excluding hydrogens is 304 g/mol. The lowest BCUT2D eigenvalue weighted by molar-refractivity contribution is -0.124. The molecule has 0 bridgehead atoms. The van der Waals surface area contributed by atoms with Crippen LogP contribution in [0.25, 0.3) is 0 Å². The van der Waals surface area contributed by atoms with E-state index in [0.29, 0.717) is 17.4 Å². The second-order valence-corrected chi connectivity index (χ2v) is 6.60. The quantitative estimate of drug-likeness (QED) is 0.678. The van der Waals surface area contributed by atoms with Gasteiger partial charge in [-0.2, -0.15) is 0 Å². The van der Waals surface area contributed by atoms with Gasteiger partial charge < -0.3 is 20.1 Å². The van der Waals surface area contributed by atoms with Crippen molar-refractivity contribution in [1.29, 1.82) is 0 Å². The van der Waals surface area contributed by atoms with Crippen molar-refractivity contribution in [3.8, 4) is 0 Å². The summed E-state index contributed by atoms with van der Waals surface area (Å²) in [6.07, 6.45) is -2.06. The van der Waals surface area contributed by atoms with Crippen LogP contribution in [0, 0.1) is 0 Å². The Bertz CT molecular complexity index is 658. The fourth-order valence-electron chi connectivity index (χ4n) is 2.96. The third kappa shape index (κ3) is 3.13. The highest BCUT2D eigenvalue weighted by Gasteiger charge is 2.47. The summed E-state index contributed by atoms with van der Waals surface area (Å²) < 4.78 is 0. The lowest BCUT2D eigenvalue weighted by atomic mass is 9.68. The zero-order valence-corrected chi connectivity index (χ0v) is 14.0. The fourth-order valence-corrected chi connectivity index (χ4v) is 2.96. The third-order valence-electron chi connectivity index (χ3n) is 4.97. The number of carbonyl (C=O) groups excluding carboxylic acids is 1. The predicted octanol–water partition coefficient (Wildman–Crippen LogP) is 1.82. The number of rotatable bonds is 7. The summed E-state index contributed by atoms with van der Waals surface area (Å²) in [5, 5.41) is 31.6. The minimum Gasteiger partial charge on any atom is -0.395 e. The number of aldehydes is 1. The lowest BCUT2D eigenvalue weighted by Crippen LogP contribution is -2.55. The summed E-state index contributed by atoms with van der Waals surface area (Å²) in [4.78, 5) is 11.8. The molecule has 4 atom stereocenters. The molecule has 0 aliphatic rings. The van der Waals surface area contributed by atoms with Gasteiger partial charge in [-0.05, 0) is 18.1 Å². The van der Waals surface area contributed by atoms with E-state index in [1.54, 1.807) is 62.4 Å². The molecule has 2 rings (SSSR count). The first-order chi connectivity index (χ1) is 11.4. The van der Waals surface area contributed by atoms with Crippen molar-refractivity contribution in [2.24, 2.45) is 0 Å². The number of hydrogen-bond acceptors (Lipinski definition) is 4. The van der Waals surface area contributed by atoms with Crippen LogP contribution in [0.15, 0.2) is 60.7 Å². The van der Waals surface area contributed by atoms with Gasteiger partial charge in [0, 0.05) is 5.41 Å². The minimum atomic E-state index is -1.38. The van der Waals surface area contributed by atoms with Crippen LogP contribution in [0.4, 0.5) is 0 Å². The van der Waals surface area contributed by atoms with Gasteiger partial charge in [-0.15, -0.1) is 0 Å². The molecule has 0 aliphatic heterocycles. The van der Waals surface area contributed by atoms with Crippen LogP contribution in [0.1, 0.15) is 25.0 Å². The topological polar surface area (TPSA) is 77.8 Å². The van der Waals surface area contributed by atoms with Crippen molar-refractivity contribution < 1.29 is 20.1 Å². The molecule has 0 amide bonds. The van der Waals surface area contributed by atoms with E-state index < -0.39 is 23.0 Å². The number of hydrogen-bond donors (Lipinski definition) is 3. The summed E-state index contributed by atoms with van der Waals surface area (Å²) in [6.45, 7) is 2.90. The van der Waals surface area contributed by atoms with Crippen molar-refractivity contribution >= 4 is 6.29 Å². The van der Waals surface area contributed by atoms with Crippen molar-refractivity contribution in [3.05, 3.63) is 71.8 Å². The molecule has 4 heteroatoms. The Morgan fingerprint density at radius 3 is 1.75 bits per heavy atom. The van der Waals surface area contributed by atoms with Gasteiger partial charge in [0.1, 0.15) is 6.29 Å². The number of benzene rings is 2. The maximum Gasteiger partial charge on any atom is 0.132 e. The van der Waals surface area contributed by atoms with E-state index in [2.05, 4.69) is 0 Å². The first kappa shape index (κ1) is 18.3. The van der Waals surface area contributed by atoms with Crippen LogP contribution >= 0.6 is 0 Å². The van der Waals surface area contributed by atoms with Crippen molar-refractivity contribution in [1.82, 2.24) is 0 Å². The first-order valence-corrected chi connectivity index (χ1v) is 7.94. The molecule has 0 aromatic heterocycles. The smallest absolute Gasteiger partial charge is 0.132 e. The monoisotopic (exact) mass is 328 g/mol. The molecule has 0 aliphatic carbocycles. The molecule has 4 nitrogen and oxygen atoms in total. The van der Waals surface area contributed by atoms with Crippen LogP contribution in [-0.2, 0) is 15.6 Å². The summed E-state index contributed by atoms with van der Waals surface area (Å²) in [6, 6.07) is 17.9. The molecule has 0 spiro atoms. The number of carbonyl (C=O) groups is 1. The average Bonchev–Trinajstić information content (AvgIpc) is 2.66. The van der Waals surface area contributed by atoms with Crippen LogP contribution in [0.2, 0.25) is 0 Å². The molecule has 3 N–H and O–H groups in total. The SMILES string of the molecule is CC(C=O)(c1ccccc1)C(O)C(O)C(C)(CO)c1ccccc1. The zero-order valence-electron chi connectivity index (χ0n) is 14.0. The van der Waals surface area contributed by atoms with Gasteiger partial charge in [-0.3, -0.25) is 0 Å². The Morgan fingerprint density at radius 1 is 0.875 bits per heavy atom. The van der Waals surface area contributed by atoms with Crippen molar-refractivity contribution in [3.63, 3.8) is 0 Å².